The normalized spacial score (nSPS) is 29.5. The maximum atomic E-state index is 14.5. The molecule has 1 aromatic rings. The van der Waals surface area contributed by atoms with Gasteiger partial charge in [0.2, 0.25) is 5.91 Å². The Bertz CT molecular complexity index is 1030. The molecule has 1 spiro atoms. The number of fused-ring (bicyclic) bond motifs is 1. The molecule has 3 aliphatic rings. The number of hydrogen-bond acceptors (Lipinski definition) is 7. The van der Waals surface area contributed by atoms with Crippen molar-refractivity contribution in [2.24, 2.45) is 17.8 Å². The average molecular weight is 515 g/mol. The highest BCUT2D eigenvalue weighted by Crippen LogP contribution is 2.59. The van der Waals surface area contributed by atoms with Crippen LogP contribution in [0.4, 0.5) is 5.69 Å². The van der Waals surface area contributed by atoms with Crippen LogP contribution in [0.2, 0.25) is 0 Å². The molecule has 0 aromatic heterocycles. The van der Waals surface area contributed by atoms with E-state index in [1.54, 1.807) is 49.3 Å². The molecule has 9 nitrogen and oxygen atoms in total. The average Bonchev–Trinajstić information content (AvgIpc) is 3.55. The van der Waals surface area contributed by atoms with Gasteiger partial charge < -0.3 is 29.1 Å². The zero-order valence-electron chi connectivity index (χ0n) is 22.1. The van der Waals surface area contributed by atoms with Crippen LogP contribution < -0.4 is 9.64 Å². The van der Waals surface area contributed by atoms with E-state index in [0.717, 1.165) is 0 Å². The fraction of sp³-hybridized carbons (Fsp3) is 0.607. The molecule has 3 heterocycles. The lowest BCUT2D eigenvalue weighted by Crippen LogP contribution is -2.60. The number of likely N-dealkylation sites (tertiary alicyclic amines) is 1. The Kier molecular flexibility index (Phi) is 7.94. The Morgan fingerprint density at radius 1 is 1.32 bits per heavy atom. The van der Waals surface area contributed by atoms with E-state index in [1.807, 2.05) is 13.8 Å². The van der Waals surface area contributed by atoms with Gasteiger partial charge in [0.15, 0.2) is 0 Å². The van der Waals surface area contributed by atoms with E-state index in [2.05, 4.69) is 6.58 Å². The molecule has 1 aromatic carbocycles. The van der Waals surface area contributed by atoms with E-state index >= 15 is 0 Å². The van der Waals surface area contributed by atoms with Gasteiger partial charge in [0.1, 0.15) is 17.4 Å². The number of ether oxygens (including phenoxy) is 3. The first-order valence-corrected chi connectivity index (χ1v) is 13.1. The molecule has 0 aliphatic carbocycles. The molecule has 2 amide bonds. The van der Waals surface area contributed by atoms with Gasteiger partial charge in [-0.15, -0.1) is 6.58 Å². The monoisotopic (exact) mass is 514 g/mol. The van der Waals surface area contributed by atoms with E-state index in [9.17, 15) is 19.5 Å². The highest BCUT2D eigenvalue weighted by Gasteiger charge is 2.75. The van der Waals surface area contributed by atoms with Crippen LogP contribution in [0.3, 0.4) is 0 Å². The van der Waals surface area contributed by atoms with Crippen molar-refractivity contribution in [2.75, 3.05) is 31.8 Å². The Labute approximate surface area is 218 Å². The largest absolute Gasteiger partial charge is 0.497 e. The summed E-state index contributed by atoms with van der Waals surface area (Å²) in [5, 5.41) is 10.4. The minimum Gasteiger partial charge on any atom is -0.497 e. The summed E-state index contributed by atoms with van der Waals surface area (Å²) < 4.78 is 17.1. The van der Waals surface area contributed by atoms with Crippen molar-refractivity contribution in [3.63, 3.8) is 0 Å². The minimum absolute atomic E-state index is 0.0773. The van der Waals surface area contributed by atoms with Crippen molar-refractivity contribution in [2.45, 2.75) is 63.8 Å². The second-order valence-corrected chi connectivity index (χ2v) is 10.1. The number of amides is 2. The third-order valence-corrected chi connectivity index (χ3v) is 8.34. The first-order chi connectivity index (χ1) is 17.8. The highest BCUT2D eigenvalue weighted by atomic mass is 16.6. The van der Waals surface area contributed by atoms with Crippen LogP contribution in [0.5, 0.6) is 5.75 Å². The van der Waals surface area contributed by atoms with E-state index in [0.29, 0.717) is 30.7 Å². The quantitative estimate of drug-likeness (QED) is 0.357. The summed E-state index contributed by atoms with van der Waals surface area (Å²) in [5.74, 6) is -2.16. The van der Waals surface area contributed by atoms with E-state index in [-0.39, 0.29) is 37.5 Å². The predicted octanol–water partition coefficient (Wildman–Crippen LogP) is 2.56. The molecule has 0 radical (unpaired) electrons. The van der Waals surface area contributed by atoms with Crippen LogP contribution in [-0.2, 0) is 23.9 Å². The van der Waals surface area contributed by atoms with E-state index in [1.165, 1.54) is 4.90 Å². The number of methoxy groups -OCH3 is 1. The fourth-order valence-electron chi connectivity index (χ4n) is 6.41. The number of hydrogen-bond donors (Lipinski definition) is 1. The van der Waals surface area contributed by atoms with E-state index in [4.69, 9.17) is 14.2 Å². The number of anilines is 1. The summed E-state index contributed by atoms with van der Waals surface area (Å²) in [6, 6.07) is 5.50. The molecule has 2 bridgehead atoms. The second kappa shape index (κ2) is 10.8. The third kappa shape index (κ3) is 4.32. The molecule has 0 saturated carbocycles. The Morgan fingerprint density at radius 2 is 2.03 bits per heavy atom. The first kappa shape index (κ1) is 27.1. The molecule has 7 atom stereocenters. The number of aliphatic hydroxyl groups excluding tert-OH is 1. The summed E-state index contributed by atoms with van der Waals surface area (Å²) in [6.07, 6.45) is 2.88. The molecule has 37 heavy (non-hydrogen) atoms. The Balaban J connectivity index is 1.82. The number of carbonyl (C=O) groups is 3. The predicted molar refractivity (Wildman–Crippen MR) is 137 cm³/mol. The molecule has 3 saturated heterocycles. The molecule has 4 rings (SSSR count). The van der Waals surface area contributed by atoms with Crippen LogP contribution in [0.25, 0.3) is 0 Å². The summed E-state index contributed by atoms with van der Waals surface area (Å²) in [4.78, 5) is 44.7. The SMILES string of the molecule is C=CCN(C(=O)[C@H]1N([C@@H](CO)[C@@H](C)CC)C(=O)[C@@H]2[C@@H](C(=O)OCC)[C@H]3CC[C@]21O3)c1ccc(OC)cc1. The van der Waals surface area contributed by atoms with Gasteiger partial charge in [0.25, 0.3) is 5.91 Å². The maximum Gasteiger partial charge on any atom is 0.312 e. The van der Waals surface area contributed by atoms with Crippen molar-refractivity contribution in [1.29, 1.82) is 0 Å². The lowest BCUT2D eigenvalue weighted by Gasteiger charge is -2.40. The fourth-order valence-corrected chi connectivity index (χ4v) is 6.41. The zero-order chi connectivity index (χ0) is 26.9. The number of benzene rings is 1. The number of aliphatic hydroxyl groups is 1. The van der Waals surface area contributed by atoms with Crippen LogP contribution in [0, 0.1) is 17.8 Å². The molecular formula is C28H38N2O7. The molecular weight excluding hydrogens is 476 g/mol. The molecule has 3 aliphatic heterocycles. The van der Waals surface area contributed by atoms with Crippen molar-refractivity contribution in [3.05, 3.63) is 36.9 Å². The van der Waals surface area contributed by atoms with Gasteiger partial charge in [-0.3, -0.25) is 14.4 Å². The highest BCUT2D eigenvalue weighted by molar-refractivity contribution is 6.04. The number of carbonyl (C=O) groups excluding carboxylic acids is 3. The smallest absolute Gasteiger partial charge is 0.312 e. The Morgan fingerprint density at radius 3 is 2.59 bits per heavy atom. The van der Waals surface area contributed by atoms with Gasteiger partial charge in [-0.1, -0.05) is 26.3 Å². The van der Waals surface area contributed by atoms with Gasteiger partial charge in [0.05, 0.1) is 44.3 Å². The van der Waals surface area contributed by atoms with Crippen LogP contribution in [0.1, 0.15) is 40.0 Å². The van der Waals surface area contributed by atoms with Gasteiger partial charge >= 0.3 is 5.97 Å². The van der Waals surface area contributed by atoms with Gasteiger partial charge in [-0.05, 0) is 49.9 Å². The molecule has 3 fully saturated rings. The summed E-state index contributed by atoms with van der Waals surface area (Å²) >= 11 is 0. The molecule has 202 valence electrons. The van der Waals surface area contributed by atoms with Crippen molar-refractivity contribution >= 4 is 23.5 Å². The van der Waals surface area contributed by atoms with Gasteiger partial charge in [-0.2, -0.15) is 0 Å². The van der Waals surface area contributed by atoms with E-state index < -0.39 is 41.6 Å². The summed E-state index contributed by atoms with van der Waals surface area (Å²) in [6.45, 7) is 9.59. The number of nitrogens with zero attached hydrogens (tertiary/aromatic N) is 2. The standard InChI is InChI=1S/C28H38N2O7/c1-6-15-29(18-9-11-19(35-5)12-10-18)26(33)24-28-14-13-21(37-28)22(27(34)36-8-3)23(28)25(32)30(24)20(16-31)17(4)7-2/h6,9-12,17,20-24,31H,1,7-8,13-16H2,2-5H3/t17-,20-,21+,22-,23-,24+,28-/m0/s1. The number of esters is 1. The molecule has 1 N–H and O–H groups in total. The van der Waals surface area contributed by atoms with Crippen LogP contribution in [-0.4, -0.2) is 78.4 Å². The minimum atomic E-state index is -1.16. The lowest BCUT2D eigenvalue weighted by molar-refractivity contribution is -0.155. The third-order valence-electron chi connectivity index (χ3n) is 8.34. The van der Waals surface area contributed by atoms with Gasteiger partial charge in [-0.25, -0.2) is 0 Å². The van der Waals surface area contributed by atoms with Crippen LogP contribution >= 0.6 is 0 Å². The number of rotatable bonds is 11. The first-order valence-electron chi connectivity index (χ1n) is 13.1. The van der Waals surface area contributed by atoms with Crippen molar-refractivity contribution in [3.8, 4) is 5.75 Å². The second-order valence-electron chi connectivity index (χ2n) is 10.1. The maximum absolute atomic E-state index is 14.5. The Hall–Kier alpha value is -2.91. The van der Waals surface area contributed by atoms with Crippen LogP contribution in [0.15, 0.2) is 36.9 Å². The summed E-state index contributed by atoms with van der Waals surface area (Å²) in [5.41, 5.74) is -0.542. The molecule has 9 heteroatoms. The zero-order valence-corrected chi connectivity index (χ0v) is 22.1. The van der Waals surface area contributed by atoms with Crippen molar-refractivity contribution in [1.82, 2.24) is 4.90 Å². The van der Waals surface area contributed by atoms with Crippen molar-refractivity contribution < 1.29 is 33.7 Å². The van der Waals surface area contributed by atoms with Gasteiger partial charge in [0, 0.05) is 12.2 Å². The summed E-state index contributed by atoms with van der Waals surface area (Å²) in [7, 11) is 1.57. The lowest BCUT2D eigenvalue weighted by atomic mass is 9.70. The topological polar surface area (TPSA) is 106 Å². The molecule has 0 unspecified atom stereocenters.